The van der Waals surface area contributed by atoms with Crippen LogP contribution in [0.3, 0.4) is 0 Å². The highest BCUT2D eigenvalue weighted by atomic mass is 16.7. The van der Waals surface area contributed by atoms with E-state index in [0.29, 0.717) is 0 Å². The molecule has 0 saturated carbocycles. The minimum absolute atomic E-state index is 0.773. The Kier molecular flexibility index (Phi) is 4.20. The van der Waals surface area contributed by atoms with Gasteiger partial charge in [0, 0.05) is 19.3 Å². The van der Waals surface area contributed by atoms with Gasteiger partial charge < -0.3 is 0 Å². The fourth-order valence-corrected chi connectivity index (χ4v) is 2.62. The molecule has 0 aromatic rings. The summed E-state index contributed by atoms with van der Waals surface area (Å²) in [5.41, 5.74) is 0. The minimum atomic E-state index is 0.773. The molecule has 1 fully saturated rings. The van der Waals surface area contributed by atoms with Gasteiger partial charge in [0.15, 0.2) is 0 Å². The molecule has 0 aliphatic carbocycles. The number of hydrogen-bond acceptors (Lipinski definition) is 1. The van der Waals surface area contributed by atoms with Crippen molar-refractivity contribution in [3.05, 3.63) is 0 Å². The SMILES string of the molecule is CCCCC1CCC[N+]1(CC)OC. The summed E-state index contributed by atoms with van der Waals surface area (Å²) in [4.78, 5) is 5.70. The largest absolute Gasteiger partial charge is 0.206 e. The maximum Gasteiger partial charge on any atom is 0.119 e. The van der Waals surface area contributed by atoms with Crippen LogP contribution in [-0.4, -0.2) is 30.9 Å². The fourth-order valence-electron chi connectivity index (χ4n) is 2.62. The van der Waals surface area contributed by atoms with E-state index in [1.807, 2.05) is 7.11 Å². The van der Waals surface area contributed by atoms with Crippen LogP contribution in [0.25, 0.3) is 0 Å². The van der Waals surface area contributed by atoms with E-state index in [1.54, 1.807) is 0 Å². The van der Waals surface area contributed by atoms with E-state index >= 15 is 0 Å². The second-order valence-electron chi connectivity index (χ2n) is 4.11. The van der Waals surface area contributed by atoms with Gasteiger partial charge in [-0.2, -0.15) is 4.65 Å². The van der Waals surface area contributed by atoms with Crippen molar-refractivity contribution < 1.29 is 9.48 Å². The molecule has 2 heteroatoms. The molecule has 0 N–H and O–H groups in total. The molecule has 2 nitrogen and oxygen atoms in total. The third kappa shape index (κ3) is 2.23. The lowest BCUT2D eigenvalue weighted by Gasteiger charge is -2.34. The van der Waals surface area contributed by atoms with Crippen molar-refractivity contribution in [2.45, 2.75) is 52.0 Å². The van der Waals surface area contributed by atoms with E-state index < -0.39 is 0 Å². The topological polar surface area (TPSA) is 9.23 Å². The van der Waals surface area contributed by atoms with Crippen LogP contribution in [0, 0.1) is 0 Å². The normalized spacial score (nSPS) is 33.9. The van der Waals surface area contributed by atoms with Crippen molar-refractivity contribution >= 4 is 0 Å². The van der Waals surface area contributed by atoms with E-state index in [4.69, 9.17) is 4.84 Å². The van der Waals surface area contributed by atoms with Crippen LogP contribution in [0.5, 0.6) is 0 Å². The van der Waals surface area contributed by atoms with Crippen molar-refractivity contribution in [3.63, 3.8) is 0 Å². The number of quaternary nitrogens is 1. The maximum absolute atomic E-state index is 5.70. The molecule has 1 heterocycles. The number of hydroxylamine groups is 3. The Morgan fingerprint density at radius 2 is 2.15 bits per heavy atom. The van der Waals surface area contributed by atoms with Gasteiger partial charge in [-0.25, -0.2) is 4.84 Å². The Labute approximate surface area is 82.4 Å². The molecule has 0 spiro atoms. The summed E-state index contributed by atoms with van der Waals surface area (Å²) in [6.07, 6.45) is 6.72. The van der Waals surface area contributed by atoms with E-state index in [-0.39, 0.29) is 0 Å². The summed E-state index contributed by atoms with van der Waals surface area (Å²) in [6, 6.07) is 0.773. The van der Waals surface area contributed by atoms with Crippen molar-refractivity contribution in [2.75, 3.05) is 20.2 Å². The predicted molar refractivity (Wildman–Crippen MR) is 55.2 cm³/mol. The van der Waals surface area contributed by atoms with Gasteiger partial charge >= 0.3 is 0 Å². The molecular formula is C11H24NO+. The minimum Gasteiger partial charge on any atom is -0.206 e. The van der Waals surface area contributed by atoms with Crippen LogP contribution >= 0.6 is 0 Å². The molecule has 1 rings (SSSR count). The third-order valence-corrected chi connectivity index (χ3v) is 3.53. The van der Waals surface area contributed by atoms with E-state index in [9.17, 15) is 0 Å². The highest BCUT2D eigenvalue weighted by Crippen LogP contribution is 2.30. The van der Waals surface area contributed by atoms with Gasteiger partial charge in [-0.05, 0) is 13.3 Å². The van der Waals surface area contributed by atoms with E-state index in [0.717, 1.165) is 17.2 Å². The van der Waals surface area contributed by atoms with Crippen LogP contribution < -0.4 is 0 Å². The van der Waals surface area contributed by atoms with Crippen LogP contribution in [-0.2, 0) is 4.84 Å². The smallest absolute Gasteiger partial charge is 0.119 e. The molecule has 0 aromatic heterocycles. The van der Waals surface area contributed by atoms with Crippen LogP contribution in [0.2, 0.25) is 0 Å². The van der Waals surface area contributed by atoms with E-state index in [2.05, 4.69) is 13.8 Å². The standard InChI is InChI=1S/C11H24NO/c1-4-6-8-11-9-7-10-12(11,5-2)13-3/h11H,4-10H2,1-3H3/q+1. The molecule has 78 valence electrons. The summed E-state index contributed by atoms with van der Waals surface area (Å²) < 4.78 is 0.917. The van der Waals surface area contributed by atoms with Gasteiger partial charge in [0.2, 0.25) is 0 Å². The first kappa shape index (κ1) is 11.0. The lowest BCUT2D eigenvalue weighted by Crippen LogP contribution is -2.50. The van der Waals surface area contributed by atoms with Gasteiger partial charge in [0.25, 0.3) is 0 Å². The van der Waals surface area contributed by atoms with Crippen LogP contribution in [0.4, 0.5) is 0 Å². The molecule has 1 saturated heterocycles. The summed E-state index contributed by atoms with van der Waals surface area (Å²) in [6.45, 7) is 6.86. The number of rotatable bonds is 5. The quantitative estimate of drug-likeness (QED) is 0.600. The van der Waals surface area contributed by atoms with Crippen molar-refractivity contribution in [3.8, 4) is 0 Å². The summed E-state index contributed by atoms with van der Waals surface area (Å²) in [5.74, 6) is 0. The summed E-state index contributed by atoms with van der Waals surface area (Å²) >= 11 is 0. The third-order valence-electron chi connectivity index (χ3n) is 3.53. The van der Waals surface area contributed by atoms with Crippen LogP contribution in [0.1, 0.15) is 46.0 Å². The molecule has 0 aromatic carbocycles. The van der Waals surface area contributed by atoms with Crippen molar-refractivity contribution in [1.29, 1.82) is 0 Å². The molecule has 0 amide bonds. The van der Waals surface area contributed by atoms with Crippen molar-refractivity contribution in [2.24, 2.45) is 0 Å². The highest BCUT2D eigenvalue weighted by molar-refractivity contribution is 4.65. The number of hydrogen-bond donors (Lipinski definition) is 0. The van der Waals surface area contributed by atoms with Gasteiger partial charge in [-0.3, -0.25) is 0 Å². The maximum atomic E-state index is 5.70. The fraction of sp³-hybridized carbons (Fsp3) is 1.00. The first-order valence-electron chi connectivity index (χ1n) is 5.71. The van der Waals surface area contributed by atoms with Crippen LogP contribution in [0.15, 0.2) is 0 Å². The molecule has 1 aliphatic heterocycles. The molecule has 0 bridgehead atoms. The molecule has 2 unspecified atom stereocenters. The Hall–Kier alpha value is -0.0800. The predicted octanol–water partition coefficient (Wildman–Crippen LogP) is 2.74. The first-order valence-corrected chi connectivity index (χ1v) is 5.71. The lowest BCUT2D eigenvalue weighted by molar-refractivity contribution is -1.11. The molecule has 0 radical (unpaired) electrons. The average Bonchev–Trinajstić information content (AvgIpc) is 2.58. The summed E-state index contributed by atoms with van der Waals surface area (Å²) in [7, 11) is 1.87. The average molecular weight is 186 g/mol. The highest BCUT2D eigenvalue weighted by Gasteiger charge is 2.41. The Bertz CT molecular complexity index is 143. The van der Waals surface area contributed by atoms with E-state index in [1.165, 1.54) is 38.6 Å². The lowest BCUT2D eigenvalue weighted by atomic mass is 10.1. The summed E-state index contributed by atoms with van der Waals surface area (Å²) in [5, 5.41) is 0. The Morgan fingerprint density at radius 1 is 1.38 bits per heavy atom. The molecular weight excluding hydrogens is 162 g/mol. The van der Waals surface area contributed by atoms with Gasteiger partial charge in [0.1, 0.15) is 19.1 Å². The van der Waals surface area contributed by atoms with Gasteiger partial charge in [-0.15, -0.1) is 0 Å². The zero-order valence-electron chi connectivity index (χ0n) is 9.38. The van der Waals surface area contributed by atoms with Gasteiger partial charge in [0.05, 0.1) is 7.11 Å². The van der Waals surface area contributed by atoms with Gasteiger partial charge in [-0.1, -0.05) is 13.3 Å². The van der Waals surface area contributed by atoms with Crippen molar-refractivity contribution in [1.82, 2.24) is 0 Å². The number of unbranched alkanes of at least 4 members (excludes halogenated alkanes) is 1. The zero-order valence-corrected chi connectivity index (χ0v) is 9.38. The zero-order chi connectivity index (χ0) is 9.73. The second kappa shape index (κ2) is 4.97. The molecule has 2 atom stereocenters. The Morgan fingerprint density at radius 3 is 2.69 bits per heavy atom. The number of nitrogens with zero attached hydrogens (tertiary/aromatic N) is 1. The molecule has 1 aliphatic rings. The monoisotopic (exact) mass is 186 g/mol. The molecule has 13 heavy (non-hydrogen) atoms. The second-order valence-corrected chi connectivity index (χ2v) is 4.11. The number of likely N-dealkylation sites (tertiary alicyclic amines) is 1. The first-order chi connectivity index (χ1) is 6.29. The Balaban J connectivity index is 2.50.